The van der Waals surface area contributed by atoms with Crippen LogP contribution < -0.4 is 5.32 Å². The van der Waals surface area contributed by atoms with Crippen LogP contribution in [0.5, 0.6) is 0 Å². The summed E-state index contributed by atoms with van der Waals surface area (Å²) in [4.78, 5) is 11.9. The first-order valence-corrected chi connectivity index (χ1v) is 7.10. The van der Waals surface area contributed by atoms with E-state index in [4.69, 9.17) is 9.47 Å². The Bertz CT molecular complexity index is 299. The lowest BCUT2D eigenvalue weighted by atomic mass is 9.65. The average molecular weight is 255 g/mol. The lowest BCUT2D eigenvalue weighted by Gasteiger charge is -2.48. The Morgan fingerprint density at radius 3 is 2.61 bits per heavy atom. The summed E-state index contributed by atoms with van der Waals surface area (Å²) in [7, 11) is 1.99. The molecule has 1 N–H and O–H groups in total. The predicted octanol–water partition coefficient (Wildman–Crippen LogP) is 1.88. The van der Waals surface area contributed by atoms with Crippen molar-refractivity contribution in [3.63, 3.8) is 0 Å². The maximum absolute atomic E-state index is 11.9. The fourth-order valence-corrected chi connectivity index (χ4v) is 3.94. The molecule has 104 valence electrons. The molecule has 1 atom stereocenters. The van der Waals surface area contributed by atoms with Crippen molar-refractivity contribution in [1.82, 2.24) is 5.32 Å². The molecule has 2 rings (SSSR count). The molecule has 1 unspecified atom stereocenters. The number of hydrogen-bond donors (Lipinski definition) is 1. The highest BCUT2D eigenvalue weighted by molar-refractivity contribution is 5.71. The van der Waals surface area contributed by atoms with Crippen molar-refractivity contribution in [1.29, 1.82) is 0 Å². The fourth-order valence-electron chi connectivity index (χ4n) is 3.94. The first kappa shape index (κ1) is 13.8. The van der Waals surface area contributed by atoms with Gasteiger partial charge in [0, 0.05) is 18.8 Å². The average Bonchev–Trinajstić information content (AvgIpc) is 2.69. The standard InChI is InChI=1S/C14H25NO3/c1-3-18-12(16)11-14(15-2)6-4-5-13(14)7-9-17-10-8-13/h15H,3-11H2,1-2H3. The van der Waals surface area contributed by atoms with Crippen LogP contribution in [-0.2, 0) is 14.3 Å². The van der Waals surface area contributed by atoms with E-state index in [-0.39, 0.29) is 16.9 Å². The number of esters is 1. The predicted molar refractivity (Wildman–Crippen MR) is 69.4 cm³/mol. The molecule has 1 saturated heterocycles. The Kier molecular flexibility index (Phi) is 4.28. The molecule has 18 heavy (non-hydrogen) atoms. The zero-order valence-corrected chi connectivity index (χ0v) is 11.6. The third-order valence-corrected chi connectivity index (χ3v) is 4.95. The Labute approximate surface area is 109 Å². The summed E-state index contributed by atoms with van der Waals surface area (Å²) in [6.45, 7) is 3.98. The molecule has 1 aliphatic heterocycles. The van der Waals surface area contributed by atoms with Gasteiger partial charge in [-0.2, -0.15) is 0 Å². The lowest BCUT2D eigenvalue weighted by Crippen LogP contribution is -2.57. The second-order valence-electron chi connectivity index (χ2n) is 5.56. The molecule has 1 aliphatic carbocycles. The van der Waals surface area contributed by atoms with Crippen molar-refractivity contribution in [3.8, 4) is 0 Å². The third kappa shape index (κ3) is 2.28. The van der Waals surface area contributed by atoms with Crippen LogP contribution >= 0.6 is 0 Å². The molecule has 2 fully saturated rings. The quantitative estimate of drug-likeness (QED) is 0.779. The maximum Gasteiger partial charge on any atom is 0.307 e. The lowest BCUT2D eigenvalue weighted by molar-refractivity contribution is -0.147. The van der Waals surface area contributed by atoms with Crippen LogP contribution in [0, 0.1) is 5.41 Å². The van der Waals surface area contributed by atoms with Crippen molar-refractivity contribution in [2.75, 3.05) is 26.9 Å². The van der Waals surface area contributed by atoms with Crippen LogP contribution in [0.2, 0.25) is 0 Å². The molecule has 1 spiro atoms. The molecule has 4 nitrogen and oxygen atoms in total. The second kappa shape index (κ2) is 5.57. The van der Waals surface area contributed by atoms with Gasteiger partial charge < -0.3 is 14.8 Å². The van der Waals surface area contributed by atoms with Gasteiger partial charge >= 0.3 is 5.97 Å². The van der Waals surface area contributed by atoms with E-state index in [2.05, 4.69) is 5.32 Å². The molecule has 0 amide bonds. The molecule has 1 saturated carbocycles. The van der Waals surface area contributed by atoms with E-state index < -0.39 is 0 Å². The van der Waals surface area contributed by atoms with E-state index in [1.165, 1.54) is 12.8 Å². The van der Waals surface area contributed by atoms with Gasteiger partial charge in [-0.1, -0.05) is 6.42 Å². The van der Waals surface area contributed by atoms with Crippen molar-refractivity contribution in [3.05, 3.63) is 0 Å². The van der Waals surface area contributed by atoms with Gasteiger partial charge in [0.15, 0.2) is 0 Å². The van der Waals surface area contributed by atoms with E-state index in [1.54, 1.807) is 0 Å². The largest absolute Gasteiger partial charge is 0.466 e. The molecule has 1 heterocycles. The van der Waals surface area contributed by atoms with Crippen molar-refractivity contribution in [2.24, 2.45) is 5.41 Å². The molecular formula is C14H25NO3. The highest BCUT2D eigenvalue weighted by Gasteiger charge is 2.55. The Balaban J connectivity index is 2.15. The van der Waals surface area contributed by atoms with Gasteiger partial charge in [0.25, 0.3) is 0 Å². The zero-order valence-electron chi connectivity index (χ0n) is 11.6. The summed E-state index contributed by atoms with van der Waals surface area (Å²) < 4.78 is 10.7. The second-order valence-corrected chi connectivity index (χ2v) is 5.56. The van der Waals surface area contributed by atoms with Crippen molar-refractivity contribution >= 4 is 5.97 Å². The van der Waals surface area contributed by atoms with Gasteiger partial charge in [0.1, 0.15) is 0 Å². The molecule has 0 aromatic carbocycles. The summed E-state index contributed by atoms with van der Waals surface area (Å²) in [5, 5.41) is 3.47. The highest BCUT2D eigenvalue weighted by Crippen LogP contribution is 2.54. The fraction of sp³-hybridized carbons (Fsp3) is 0.929. The minimum Gasteiger partial charge on any atom is -0.466 e. The minimum absolute atomic E-state index is 0.0698. The molecular weight excluding hydrogens is 230 g/mol. The van der Waals surface area contributed by atoms with Gasteiger partial charge in [0.05, 0.1) is 13.0 Å². The van der Waals surface area contributed by atoms with Gasteiger partial charge in [-0.15, -0.1) is 0 Å². The molecule has 0 aromatic rings. The summed E-state index contributed by atoms with van der Waals surface area (Å²) in [5.41, 5.74) is 0.149. The van der Waals surface area contributed by atoms with Gasteiger partial charge in [-0.25, -0.2) is 0 Å². The van der Waals surface area contributed by atoms with Gasteiger partial charge in [0.2, 0.25) is 0 Å². The number of nitrogens with one attached hydrogen (secondary N) is 1. The maximum atomic E-state index is 11.9. The summed E-state index contributed by atoms with van der Waals surface area (Å²) in [6.07, 6.45) is 6.09. The summed E-state index contributed by atoms with van der Waals surface area (Å²) >= 11 is 0. The zero-order chi connectivity index (χ0) is 13.1. The number of carbonyl (C=O) groups excluding carboxylic acids is 1. The minimum atomic E-state index is -0.0803. The monoisotopic (exact) mass is 255 g/mol. The number of rotatable bonds is 4. The normalized spacial score (nSPS) is 30.6. The van der Waals surface area contributed by atoms with Gasteiger partial charge in [-0.3, -0.25) is 4.79 Å². The van der Waals surface area contributed by atoms with E-state index in [0.29, 0.717) is 13.0 Å². The Morgan fingerprint density at radius 1 is 1.28 bits per heavy atom. The molecule has 2 aliphatic rings. The molecule has 0 bridgehead atoms. The van der Waals surface area contributed by atoms with E-state index in [0.717, 1.165) is 32.5 Å². The van der Waals surface area contributed by atoms with E-state index in [1.807, 2.05) is 14.0 Å². The molecule has 0 aromatic heterocycles. The summed E-state index contributed by atoms with van der Waals surface area (Å²) in [5.74, 6) is -0.0698. The SMILES string of the molecule is CCOC(=O)CC1(NC)CCCC12CCOCC2. The smallest absolute Gasteiger partial charge is 0.307 e. The first-order valence-electron chi connectivity index (χ1n) is 7.10. The van der Waals surface area contributed by atoms with E-state index >= 15 is 0 Å². The number of carbonyl (C=O) groups is 1. The third-order valence-electron chi connectivity index (χ3n) is 4.95. The van der Waals surface area contributed by atoms with Crippen molar-refractivity contribution in [2.45, 2.75) is 51.0 Å². The number of ether oxygens (including phenoxy) is 2. The van der Waals surface area contributed by atoms with Crippen LogP contribution in [0.1, 0.15) is 45.4 Å². The Hall–Kier alpha value is -0.610. The van der Waals surface area contributed by atoms with Gasteiger partial charge in [-0.05, 0) is 45.1 Å². The van der Waals surface area contributed by atoms with Crippen LogP contribution in [-0.4, -0.2) is 38.4 Å². The first-order chi connectivity index (χ1) is 8.68. The van der Waals surface area contributed by atoms with E-state index in [9.17, 15) is 4.79 Å². The molecule has 0 radical (unpaired) electrons. The molecule has 4 heteroatoms. The van der Waals surface area contributed by atoms with Crippen LogP contribution in [0.25, 0.3) is 0 Å². The highest BCUT2D eigenvalue weighted by atomic mass is 16.5. The van der Waals surface area contributed by atoms with Crippen LogP contribution in [0.3, 0.4) is 0 Å². The van der Waals surface area contributed by atoms with Crippen molar-refractivity contribution < 1.29 is 14.3 Å². The summed E-state index contributed by atoms with van der Waals surface area (Å²) in [6, 6.07) is 0. The number of hydrogen-bond acceptors (Lipinski definition) is 4. The van der Waals surface area contributed by atoms with Crippen LogP contribution in [0.4, 0.5) is 0 Å². The van der Waals surface area contributed by atoms with Crippen LogP contribution in [0.15, 0.2) is 0 Å². The Morgan fingerprint density at radius 2 is 2.00 bits per heavy atom. The topological polar surface area (TPSA) is 47.6 Å².